The molecule has 0 aliphatic carbocycles. The zero-order valence-electron chi connectivity index (χ0n) is 25.4. The van der Waals surface area contributed by atoms with Crippen molar-refractivity contribution in [3.63, 3.8) is 0 Å². The lowest BCUT2D eigenvalue weighted by Crippen LogP contribution is -2.33. The Morgan fingerprint density at radius 3 is 2.61 bits per heavy atom. The molecule has 2 aromatic carbocycles. The molecule has 2 N–H and O–H groups in total. The summed E-state index contributed by atoms with van der Waals surface area (Å²) in [5.41, 5.74) is 3.72. The van der Waals surface area contributed by atoms with Crippen LogP contribution in [-0.2, 0) is 12.0 Å². The van der Waals surface area contributed by atoms with Crippen LogP contribution in [0.3, 0.4) is 0 Å². The minimum Gasteiger partial charge on any atom is -0.492 e. The molecule has 41 heavy (non-hydrogen) atoms. The quantitative estimate of drug-likeness (QED) is 0.283. The van der Waals surface area contributed by atoms with Gasteiger partial charge in [0.1, 0.15) is 11.6 Å². The summed E-state index contributed by atoms with van der Waals surface area (Å²) in [6, 6.07) is 11.7. The highest BCUT2D eigenvalue weighted by Crippen LogP contribution is 2.40. The van der Waals surface area contributed by atoms with Crippen molar-refractivity contribution in [1.29, 1.82) is 0 Å². The highest BCUT2D eigenvalue weighted by atomic mass is 32.2. The average molecular weight is 579 g/mol. The number of ether oxygens (including phenoxy) is 2. The molecule has 2 heterocycles. The third kappa shape index (κ3) is 7.69. The first kappa shape index (κ1) is 30.6. The predicted molar refractivity (Wildman–Crippen MR) is 167 cm³/mol. The predicted octanol–water partition coefficient (Wildman–Crippen LogP) is 5.96. The Balaban J connectivity index is 1.53. The third-order valence-electron chi connectivity index (χ3n) is 7.34. The van der Waals surface area contributed by atoms with Gasteiger partial charge in [-0.15, -0.1) is 0 Å². The first-order valence-corrected chi connectivity index (χ1v) is 15.0. The number of carbonyl (C=O) groups excluding carboxylic acids is 1. The molecule has 1 fully saturated rings. The van der Waals surface area contributed by atoms with Gasteiger partial charge in [0.15, 0.2) is 5.75 Å². The molecule has 1 aromatic heterocycles. The molecule has 1 atom stereocenters. The van der Waals surface area contributed by atoms with Crippen molar-refractivity contribution in [3.05, 3.63) is 65.1 Å². The highest BCUT2D eigenvalue weighted by molar-refractivity contribution is 7.99. The first-order valence-electron chi connectivity index (χ1n) is 13.8. The molecular weight excluding hydrogens is 536 g/mol. The molecular formula is C31H42N6O3S. The average Bonchev–Trinajstić information content (AvgIpc) is 3.36. The molecule has 9 nitrogen and oxygen atoms in total. The van der Waals surface area contributed by atoms with Crippen molar-refractivity contribution >= 4 is 29.2 Å². The monoisotopic (exact) mass is 578 g/mol. The number of likely N-dealkylation sites (N-methyl/N-ethyl adjacent to an activating group) is 2. The largest absolute Gasteiger partial charge is 0.492 e. The fourth-order valence-electron chi connectivity index (χ4n) is 4.86. The van der Waals surface area contributed by atoms with Gasteiger partial charge in [0.2, 0.25) is 5.88 Å². The second-order valence-corrected chi connectivity index (χ2v) is 12.2. The van der Waals surface area contributed by atoms with Gasteiger partial charge in [-0.1, -0.05) is 38.8 Å². The number of hydrogen-bond donors (Lipinski definition) is 2. The molecule has 4 rings (SSSR count). The van der Waals surface area contributed by atoms with Gasteiger partial charge in [0.05, 0.1) is 25.0 Å². The van der Waals surface area contributed by atoms with Crippen LogP contribution in [0.25, 0.3) is 0 Å². The zero-order chi connectivity index (χ0) is 29.7. The standard InChI is InChI=1S/C31H42N6O3S/c1-20-9-10-21(30(38)33-24-16-22(31(2,3)4)17-25(35-41-8)29(24)39-7)15-26(20)40-28-11-13-32-27(34-28)19-37(6)23-12-14-36(5)18-23/h9-11,13,15-17,23,35H,12,14,18-19H2,1-8H3,(H,33,38). The molecule has 3 aromatic rings. The normalized spacial score (nSPS) is 15.7. The Morgan fingerprint density at radius 1 is 1.20 bits per heavy atom. The molecule has 1 unspecified atom stereocenters. The maximum atomic E-state index is 13.5. The molecule has 220 valence electrons. The van der Waals surface area contributed by atoms with Crippen LogP contribution in [0, 0.1) is 6.92 Å². The van der Waals surface area contributed by atoms with Crippen molar-refractivity contribution in [3.8, 4) is 17.4 Å². The minimum atomic E-state index is -0.263. The van der Waals surface area contributed by atoms with Crippen LogP contribution < -0.4 is 19.5 Å². The van der Waals surface area contributed by atoms with Gasteiger partial charge in [-0.2, -0.15) is 4.98 Å². The summed E-state index contributed by atoms with van der Waals surface area (Å²) in [6.07, 6.45) is 4.80. The number of rotatable bonds is 10. The lowest BCUT2D eigenvalue weighted by atomic mass is 9.86. The second kappa shape index (κ2) is 13.1. The number of likely N-dealkylation sites (tertiary alicyclic amines) is 1. The van der Waals surface area contributed by atoms with Crippen molar-refractivity contribution in [1.82, 2.24) is 19.8 Å². The van der Waals surface area contributed by atoms with E-state index < -0.39 is 0 Å². The van der Waals surface area contributed by atoms with Crippen molar-refractivity contribution < 1.29 is 14.3 Å². The molecule has 0 spiro atoms. The molecule has 10 heteroatoms. The number of aryl methyl sites for hydroxylation is 1. The third-order valence-corrected chi connectivity index (χ3v) is 7.77. The molecule has 1 aliphatic rings. The van der Waals surface area contributed by atoms with Gasteiger partial charge in [0.25, 0.3) is 5.91 Å². The summed E-state index contributed by atoms with van der Waals surface area (Å²) in [7, 11) is 5.86. The summed E-state index contributed by atoms with van der Waals surface area (Å²) in [5.74, 6) is 2.02. The van der Waals surface area contributed by atoms with E-state index in [9.17, 15) is 4.79 Å². The van der Waals surface area contributed by atoms with E-state index >= 15 is 0 Å². The summed E-state index contributed by atoms with van der Waals surface area (Å²) >= 11 is 1.47. The van der Waals surface area contributed by atoms with Gasteiger partial charge < -0.3 is 24.4 Å². The Labute approximate surface area is 248 Å². The number of carbonyl (C=O) groups is 1. The minimum absolute atomic E-state index is 0.121. The van der Waals surface area contributed by atoms with Crippen LogP contribution in [-0.4, -0.2) is 72.3 Å². The summed E-state index contributed by atoms with van der Waals surface area (Å²) in [4.78, 5) is 27.2. The highest BCUT2D eigenvalue weighted by Gasteiger charge is 2.24. The van der Waals surface area contributed by atoms with Gasteiger partial charge in [-0.25, -0.2) is 4.98 Å². The van der Waals surface area contributed by atoms with E-state index in [1.165, 1.54) is 11.9 Å². The van der Waals surface area contributed by atoms with Gasteiger partial charge in [-0.05, 0) is 74.8 Å². The Bertz CT molecular complexity index is 1380. The SMILES string of the molecule is COc1c(NSC)cc(C(C)(C)C)cc1NC(=O)c1ccc(C)c(Oc2ccnc(CN(C)C3CCN(C)C3)n2)c1. The maximum Gasteiger partial charge on any atom is 0.255 e. The van der Waals surface area contributed by atoms with E-state index in [4.69, 9.17) is 9.47 Å². The van der Waals surface area contributed by atoms with Gasteiger partial charge in [-0.3, -0.25) is 9.69 Å². The van der Waals surface area contributed by atoms with Crippen LogP contribution in [0.4, 0.5) is 11.4 Å². The molecule has 0 radical (unpaired) electrons. The number of amides is 1. The van der Waals surface area contributed by atoms with Crippen LogP contribution >= 0.6 is 11.9 Å². The maximum absolute atomic E-state index is 13.5. The van der Waals surface area contributed by atoms with Crippen molar-refractivity contribution in [2.75, 3.05) is 50.6 Å². The van der Waals surface area contributed by atoms with Gasteiger partial charge in [0, 0.05) is 36.7 Å². The lowest BCUT2D eigenvalue weighted by molar-refractivity contribution is 0.102. The topological polar surface area (TPSA) is 91.8 Å². The van der Waals surface area contributed by atoms with E-state index in [0.717, 1.165) is 36.3 Å². The smallest absolute Gasteiger partial charge is 0.255 e. The molecule has 1 saturated heterocycles. The Hall–Kier alpha value is -3.34. The van der Waals surface area contributed by atoms with Gasteiger partial charge >= 0.3 is 0 Å². The van der Waals surface area contributed by atoms with Crippen LogP contribution in [0.1, 0.15) is 54.5 Å². The van der Waals surface area contributed by atoms with Crippen LogP contribution in [0.5, 0.6) is 17.4 Å². The molecule has 1 aliphatic heterocycles. The fourth-order valence-corrected chi connectivity index (χ4v) is 5.23. The fraction of sp³-hybridized carbons (Fsp3) is 0.452. The summed E-state index contributed by atoms with van der Waals surface area (Å²) in [5, 5.41) is 3.06. The lowest BCUT2D eigenvalue weighted by Gasteiger charge is -2.24. The number of methoxy groups -OCH3 is 1. The first-order chi connectivity index (χ1) is 19.5. The number of benzene rings is 2. The number of nitrogens with zero attached hydrogens (tertiary/aromatic N) is 4. The van der Waals surface area contributed by atoms with E-state index in [2.05, 4.69) is 70.7 Å². The Kier molecular flexibility index (Phi) is 9.78. The Morgan fingerprint density at radius 2 is 1.95 bits per heavy atom. The molecule has 1 amide bonds. The number of anilines is 2. The number of aromatic nitrogens is 2. The van der Waals surface area contributed by atoms with Crippen molar-refractivity contribution in [2.45, 2.75) is 52.1 Å². The van der Waals surface area contributed by atoms with E-state index in [1.54, 1.807) is 31.5 Å². The van der Waals surface area contributed by atoms with Crippen molar-refractivity contribution in [2.24, 2.45) is 0 Å². The summed E-state index contributed by atoms with van der Waals surface area (Å²) < 4.78 is 15.1. The van der Waals surface area contributed by atoms with E-state index in [-0.39, 0.29) is 11.3 Å². The summed E-state index contributed by atoms with van der Waals surface area (Å²) in [6.45, 7) is 11.1. The van der Waals surface area contributed by atoms with Crippen LogP contribution in [0.15, 0.2) is 42.6 Å². The molecule has 0 bridgehead atoms. The zero-order valence-corrected chi connectivity index (χ0v) is 26.2. The van der Waals surface area contributed by atoms with E-state index in [1.807, 2.05) is 25.3 Å². The van der Waals surface area contributed by atoms with Crippen LogP contribution in [0.2, 0.25) is 0 Å². The number of hydrogen-bond acceptors (Lipinski definition) is 9. The molecule has 0 saturated carbocycles. The second-order valence-electron chi connectivity index (χ2n) is 11.6. The number of nitrogens with one attached hydrogen (secondary N) is 2. The van der Waals surface area contributed by atoms with E-state index in [0.29, 0.717) is 47.0 Å².